The van der Waals surface area contributed by atoms with Crippen molar-refractivity contribution in [3.63, 3.8) is 0 Å². The van der Waals surface area contributed by atoms with E-state index in [1.165, 1.54) is 0 Å². The molecular formula is C58H41N3O. The molecule has 4 nitrogen and oxygen atoms in total. The largest absolute Gasteiger partial charge is 0.508 e. The minimum Gasteiger partial charge on any atom is -0.508 e. The zero-order chi connectivity index (χ0) is 41.8. The predicted molar refractivity (Wildman–Crippen MR) is 255 cm³/mol. The van der Waals surface area contributed by atoms with E-state index in [1.54, 1.807) is 12.3 Å². The van der Waals surface area contributed by atoms with Gasteiger partial charge in [-0.2, -0.15) is 0 Å². The van der Waals surface area contributed by atoms with Crippen LogP contribution in [0.2, 0.25) is 0 Å². The van der Waals surface area contributed by atoms with E-state index >= 15 is 0 Å². The molecule has 0 saturated heterocycles. The Morgan fingerprint density at radius 3 is 0.919 bits per heavy atom. The van der Waals surface area contributed by atoms with Crippen LogP contribution in [-0.2, 0) is 0 Å². The van der Waals surface area contributed by atoms with Gasteiger partial charge in [0, 0.05) is 46.9 Å². The number of benzene rings is 7. The van der Waals surface area contributed by atoms with Crippen molar-refractivity contribution in [2.45, 2.75) is 6.92 Å². The Labute approximate surface area is 362 Å². The van der Waals surface area contributed by atoms with Crippen LogP contribution in [0.4, 0.5) is 0 Å². The molecule has 0 unspecified atom stereocenters. The van der Waals surface area contributed by atoms with Crippen LogP contribution in [-0.4, -0.2) is 20.1 Å². The Morgan fingerprint density at radius 1 is 0.290 bits per heavy atom. The summed E-state index contributed by atoms with van der Waals surface area (Å²) in [6, 6.07) is 72.6. The second kappa shape index (κ2) is 16.8. The third-order valence-corrected chi connectivity index (χ3v) is 11.5. The van der Waals surface area contributed by atoms with Crippen molar-refractivity contribution in [2.24, 2.45) is 0 Å². The fourth-order valence-electron chi connectivity index (χ4n) is 8.25. The molecular weight excluding hydrogens is 755 g/mol. The van der Waals surface area contributed by atoms with Gasteiger partial charge in [0.15, 0.2) is 0 Å². The van der Waals surface area contributed by atoms with Gasteiger partial charge >= 0.3 is 0 Å². The molecule has 3 aromatic heterocycles. The van der Waals surface area contributed by atoms with Crippen molar-refractivity contribution in [1.29, 1.82) is 0 Å². The average molecular weight is 796 g/mol. The molecule has 0 amide bonds. The smallest absolute Gasteiger partial charge is 0.122 e. The van der Waals surface area contributed by atoms with Gasteiger partial charge in [-0.25, -0.2) is 0 Å². The van der Waals surface area contributed by atoms with Crippen molar-refractivity contribution >= 4 is 0 Å². The van der Waals surface area contributed by atoms with Crippen LogP contribution in [0.5, 0.6) is 5.75 Å². The summed E-state index contributed by atoms with van der Waals surface area (Å²) in [7, 11) is 0. The zero-order valence-corrected chi connectivity index (χ0v) is 34.2. The maximum atomic E-state index is 10.4. The lowest BCUT2D eigenvalue weighted by Gasteiger charge is -2.18. The van der Waals surface area contributed by atoms with E-state index in [-0.39, 0.29) is 5.75 Å². The Kier molecular flexibility index (Phi) is 10.3. The molecule has 10 aromatic rings. The maximum Gasteiger partial charge on any atom is 0.122 e. The van der Waals surface area contributed by atoms with Crippen LogP contribution < -0.4 is 0 Å². The maximum absolute atomic E-state index is 10.4. The van der Waals surface area contributed by atoms with Gasteiger partial charge in [0.05, 0.1) is 17.1 Å². The van der Waals surface area contributed by atoms with Crippen LogP contribution in [0.1, 0.15) is 5.56 Å². The molecule has 10 rings (SSSR count). The molecule has 294 valence electrons. The van der Waals surface area contributed by atoms with Crippen LogP contribution in [0, 0.1) is 6.92 Å². The first-order chi connectivity index (χ1) is 30.6. The second-order valence-electron chi connectivity index (χ2n) is 15.5. The number of aromatic nitrogens is 3. The van der Waals surface area contributed by atoms with Gasteiger partial charge in [-0.1, -0.05) is 158 Å². The third kappa shape index (κ3) is 7.69. The van der Waals surface area contributed by atoms with Crippen molar-refractivity contribution in [2.75, 3.05) is 0 Å². The second-order valence-corrected chi connectivity index (χ2v) is 15.5. The SMILES string of the molecule is Cc1cnc(-c2ccc(-c3ccccc3-c3cc(-c4ccccc4-c4ccc(-c5ccccn5)cc4)cc(-c4ccccc4-c4ccc(-c5ccccn5)cc4)c3)cc2)cc1O. The molecule has 0 saturated carbocycles. The number of nitrogens with zero attached hydrogens (tertiary/aromatic N) is 3. The van der Waals surface area contributed by atoms with Crippen LogP contribution >= 0.6 is 0 Å². The first-order valence-electron chi connectivity index (χ1n) is 20.8. The number of rotatable bonds is 9. The molecule has 0 atom stereocenters. The number of aromatic hydroxyl groups is 1. The van der Waals surface area contributed by atoms with Crippen LogP contribution in [0.3, 0.4) is 0 Å². The average Bonchev–Trinajstić information content (AvgIpc) is 3.35. The number of aryl methyl sites for hydroxylation is 1. The van der Waals surface area contributed by atoms with E-state index in [4.69, 9.17) is 0 Å². The summed E-state index contributed by atoms with van der Waals surface area (Å²) in [5.74, 6) is 0.242. The summed E-state index contributed by atoms with van der Waals surface area (Å²) in [4.78, 5) is 13.7. The zero-order valence-electron chi connectivity index (χ0n) is 34.2. The molecule has 0 radical (unpaired) electrons. The van der Waals surface area contributed by atoms with E-state index in [2.05, 4.69) is 179 Å². The number of hydrogen-bond acceptors (Lipinski definition) is 4. The van der Waals surface area contributed by atoms with Gasteiger partial charge in [-0.15, -0.1) is 0 Å². The first kappa shape index (κ1) is 38.0. The van der Waals surface area contributed by atoms with E-state index in [0.29, 0.717) is 0 Å². The van der Waals surface area contributed by atoms with Crippen LogP contribution in [0.15, 0.2) is 225 Å². The molecule has 0 aliphatic rings. The molecule has 7 aromatic carbocycles. The Morgan fingerprint density at radius 2 is 0.597 bits per heavy atom. The Hall–Kier alpha value is -8.21. The summed E-state index contributed by atoms with van der Waals surface area (Å²) in [6.45, 7) is 1.85. The van der Waals surface area contributed by atoms with Crippen LogP contribution in [0.25, 0.3) is 101 Å². The van der Waals surface area contributed by atoms with Crippen molar-refractivity contribution < 1.29 is 5.11 Å². The highest BCUT2D eigenvalue weighted by Gasteiger charge is 2.17. The summed E-state index contributed by atoms with van der Waals surface area (Å²) in [5, 5.41) is 10.4. The molecule has 1 N–H and O–H groups in total. The van der Waals surface area contributed by atoms with E-state index < -0.39 is 0 Å². The van der Waals surface area contributed by atoms with Crippen molar-refractivity contribution in [1.82, 2.24) is 15.0 Å². The molecule has 0 bridgehead atoms. The standard InChI is InChI=1S/C58H41N3O/c1-39-38-61-57(37-58(39)62)45-30-24-42(25-31-45)51-14-4-7-17-54(51)48-35-46(52-15-5-2-12-49(52)40-20-26-43(27-21-40)55-18-8-10-32-59-55)34-47(36-48)53-16-6-3-13-50(53)41-22-28-44(29-23-41)56-19-9-11-33-60-56/h2-38H,1H3,(H,61,62). The van der Waals surface area contributed by atoms with Gasteiger partial charge < -0.3 is 5.11 Å². The molecule has 0 fully saturated rings. The molecule has 0 spiro atoms. The fourth-order valence-corrected chi connectivity index (χ4v) is 8.25. The van der Waals surface area contributed by atoms with Gasteiger partial charge in [0.1, 0.15) is 5.75 Å². The quantitative estimate of drug-likeness (QED) is 0.158. The summed E-state index contributed by atoms with van der Waals surface area (Å²) in [5.41, 5.74) is 20.1. The molecule has 4 heteroatoms. The Balaban J connectivity index is 1.11. The minimum absolute atomic E-state index is 0.242. The molecule has 0 aliphatic heterocycles. The normalized spacial score (nSPS) is 11.0. The number of hydrogen-bond donors (Lipinski definition) is 1. The number of pyridine rings is 3. The van der Waals surface area contributed by atoms with Gasteiger partial charge in [0.25, 0.3) is 0 Å². The monoisotopic (exact) mass is 795 g/mol. The molecule has 0 aliphatic carbocycles. The van der Waals surface area contributed by atoms with Crippen molar-refractivity contribution in [3.05, 3.63) is 230 Å². The third-order valence-electron chi connectivity index (χ3n) is 11.5. The predicted octanol–water partition coefficient (Wildman–Crippen LogP) is 14.9. The Bertz CT molecular complexity index is 3020. The highest BCUT2D eigenvalue weighted by atomic mass is 16.3. The fraction of sp³-hybridized carbons (Fsp3) is 0.0172. The highest BCUT2D eigenvalue weighted by Crippen LogP contribution is 2.43. The summed E-state index contributed by atoms with van der Waals surface area (Å²) < 4.78 is 0. The van der Waals surface area contributed by atoms with Crippen molar-refractivity contribution in [3.8, 4) is 106 Å². The van der Waals surface area contributed by atoms with Gasteiger partial charge in [-0.3, -0.25) is 15.0 Å². The van der Waals surface area contributed by atoms with E-state index in [1.807, 2.05) is 55.7 Å². The molecule has 3 heterocycles. The lowest BCUT2D eigenvalue weighted by Crippen LogP contribution is -1.92. The van der Waals surface area contributed by atoms with E-state index in [0.717, 1.165) is 106 Å². The van der Waals surface area contributed by atoms with E-state index in [9.17, 15) is 5.11 Å². The molecule has 62 heavy (non-hydrogen) atoms. The minimum atomic E-state index is 0.242. The van der Waals surface area contributed by atoms with Gasteiger partial charge in [0.2, 0.25) is 0 Å². The first-order valence-corrected chi connectivity index (χ1v) is 20.8. The van der Waals surface area contributed by atoms with Gasteiger partial charge in [-0.05, 0) is 116 Å². The highest BCUT2D eigenvalue weighted by molar-refractivity contribution is 5.94. The summed E-state index contributed by atoms with van der Waals surface area (Å²) in [6.07, 6.45) is 5.38. The lowest BCUT2D eigenvalue weighted by atomic mass is 9.86. The topological polar surface area (TPSA) is 58.9 Å². The summed E-state index contributed by atoms with van der Waals surface area (Å²) >= 11 is 0. The lowest BCUT2D eigenvalue weighted by molar-refractivity contribution is 0.470.